The Morgan fingerprint density at radius 2 is 1.18 bits per heavy atom. The number of rotatable bonds is 2. The molecule has 7 aromatic carbocycles. The molecule has 0 saturated carbocycles. The van der Waals surface area contributed by atoms with Crippen LogP contribution < -0.4 is 0 Å². The highest BCUT2D eigenvalue weighted by atomic mass is 32.2. The first-order chi connectivity index (χ1) is 24.8. The van der Waals surface area contributed by atoms with Crippen LogP contribution in [0.1, 0.15) is 11.1 Å². The lowest BCUT2D eigenvalue weighted by Crippen LogP contribution is -1.94. The summed E-state index contributed by atoms with van der Waals surface area (Å²) in [4.78, 5) is 7.36. The van der Waals surface area contributed by atoms with Crippen molar-refractivity contribution in [3.63, 3.8) is 0 Å². The average Bonchev–Trinajstić information content (AvgIpc) is 3.50. The number of benzene rings is 7. The third-order valence-electron chi connectivity index (χ3n) is 9.89. The van der Waals surface area contributed by atoms with Gasteiger partial charge in [-0.05, 0) is 104 Å². The van der Waals surface area contributed by atoms with Gasteiger partial charge < -0.3 is 0 Å². The number of pyridine rings is 1. The van der Waals surface area contributed by atoms with Crippen molar-refractivity contribution in [2.24, 2.45) is 0 Å². The lowest BCUT2D eigenvalue weighted by Gasteiger charge is -2.17. The highest BCUT2D eigenvalue weighted by Crippen LogP contribution is 2.47. The van der Waals surface area contributed by atoms with E-state index in [1.54, 1.807) is 0 Å². The Kier molecular flexibility index (Phi) is 6.78. The minimum absolute atomic E-state index is 0.968. The molecule has 0 bridgehead atoms. The highest BCUT2D eigenvalue weighted by Gasteiger charge is 2.19. The van der Waals surface area contributed by atoms with Crippen LogP contribution in [0.5, 0.6) is 0 Å². The minimum atomic E-state index is 0.968. The van der Waals surface area contributed by atoms with Gasteiger partial charge in [0.1, 0.15) is 5.65 Å². The van der Waals surface area contributed by atoms with Crippen LogP contribution in [0.15, 0.2) is 180 Å². The van der Waals surface area contributed by atoms with Gasteiger partial charge in [0.25, 0.3) is 0 Å². The summed E-state index contributed by atoms with van der Waals surface area (Å²) >= 11 is 1.87. The molecule has 50 heavy (non-hydrogen) atoms. The average molecular weight is 655 g/mol. The molecule has 2 aromatic heterocycles. The van der Waals surface area contributed by atoms with Crippen LogP contribution in [-0.2, 0) is 0 Å². The summed E-state index contributed by atoms with van der Waals surface area (Å²) in [6.45, 7) is 0. The molecule has 0 saturated heterocycles. The first-order valence-corrected chi connectivity index (χ1v) is 17.8. The molecule has 0 unspecified atom stereocenters. The van der Waals surface area contributed by atoms with Gasteiger partial charge >= 0.3 is 0 Å². The van der Waals surface area contributed by atoms with E-state index in [2.05, 4.69) is 174 Å². The normalized spacial score (nSPS) is 12.2. The molecular formula is C47H30N2S. The van der Waals surface area contributed by atoms with Crippen LogP contribution >= 0.6 is 11.8 Å². The van der Waals surface area contributed by atoms with Gasteiger partial charge in [0.2, 0.25) is 0 Å². The van der Waals surface area contributed by atoms with Gasteiger partial charge in [-0.2, -0.15) is 0 Å². The Balaban J connectivity index is 1.22. The summed E-state index contributed by atoms with van der Waals surface area (Å²) in [7, 11) is 0. The largest absolute Gasteiger partial charge is 0.294 e. The van der Waals surface area contributed by atoms with Crippen molar-refractivity contribution in [1.29, 1.82) is 0 Å². The van der Waals surface area contributed by atoms with Gasteiger partial charge in [-0.3, -0.25) is 4.57 Å². The van der Waals surface area contributed by atoms with E-state index in [-0.39, 0.29) is 0 Å². The van der Waals surface area contributed by atoms with Crippen LogP contribution in [0.25, 0.3) is 83.9 Å². The summed E-state index contributed by atoms with van der Waals surface area (Å²) in [6, 6.07) is 59.4. The maximum absolute atomic E-state index is 4.83. The Morgan fingerprint density at radius 3 is 2.10 bits per heavy atom. The summed E-state index contributed by atoms with van der Waals surface area (Å²) in [6.07, 6.45) is 6.45. The second kappa shape index (κ2) is 11.8. The predicted molar refractivity (Wildman–Crippen MR) is 212 cm³/mol. The number of fused-ring (bicyclic) bond motifs is 11. The number of nitrogens with zero attached hydrogens (tertiary/aromatic N) is 2. The highest BCUT2D eigenvalue weighted by molar-refractivity contribution is 7.99. The third kappa shape index (κ3) is 4.70. The van der Waals surface area contributed by atoms with Crippen LogP contribution in [-0.4, -0.2) is 9.55 Å². The maximum atomic E-state index is 4.83. The zero-order valence-electron chi connectivity index (χ0n) is 27.1. The van der Waals surface area contributed by atoms with E-state index >= 15 is 0 Å². The molecule has 0 aliphatic carbocycles. The molecule has 0 amide bonds. The number of hydrogen-bond donors (Lipinski definition) is 0. The molecule has 9 aromatic rings. The summed E-state index contributed by atoms with van der Waals surface area (Å²) in [5, 5.41) is 4.85. The summed E-state index contributed by atoms with van der Waals surface area (Å²) in [5.74, 6) is 0. The molecule has 3 heterocycles. The summed E-state index contributed by atoms with van der Waals surface area (Å²) < 4.78 is 2.27. The van der Waals surface area contributed by atoms with Gasteiger partial charge in [-0.1, -0.05) is 139 Å². The van der Waals surface area contributed by atoms with Crippen molar-refractivity contribution in [2.75, 3.05) is 0 Å². The van der Waals surface area contributed by atoms with E-state index in [0.717, 1.165) is 22.2 Å². The van der Waals surface area contributed by atoms with Crippen LogP contribution in [0.2, 0.25) is 0 Å². The van der Waals surface area contributed by atoms with Crippen LogP contribution in [0.4, 0.5) is 0 Å². The van der Waals surface area contributed by atoms with E-state index in [1.807, 2.05) is 24.0 Å². The fourth-order valence-electron chi connectivity index (χ4n) is 7.50. The molecule has 234 valence electrons. The number of aromatic nitrogens is 2. The Morgan fingerprint density at radius 1 is 0.460 bits per heavy atom. The monoisotopic (exact) mass is 654 g/mol. The van der Waals surface area contributed by atoms with Gasteiger partial charge in [0, 0.05) is 32.4 Å². The van der Waals surface area contributed by atoms with Crippen molar-refractivity contribution in [2.45, 2.75) is 9.79 Å². The molecule has 0 fully saturated rings. The fourth-order valence-corrected chi connectivity index (χ4v) is 8.74. The topological polar surface area (TPSA) is 17.8 Å². The molecular weight excluding hydrogens is 625 g/mol. The van der Waals surface area contributed by atoms with Gasteiger partial charge in [-0.25, -0.2) is 4.98 Å². The van der Waals surface area contributed by atoms with Crippen LogP contribution in [0, 0.1) is 0 Å². The lowest BCUT2D eigenvalue weighted by molar-refractivity contribution is 1.14. The maximum Gasteiger partial charge on any atom is 0.145 e. The molecule has 0 atom stereocenters. The lowest BCUT2D eigenvalue weighted by atomic mass is 9.92. The molecule has 0 radical (unpaired) electrons. The van der Waals surface area contributed by atoms with Crippen molar-refractivity contribution in [1.82, 2.24) is 9.55 Å². The predicted octanol–water partition coefficient (Wildman–Crippen LogP) is 13.0. The molecule has 3 heteroatoms. The van der Waals surface area contributed by atoms with Crippen molar-refractivity contribution < 1.29 is 0 Å². The molecule has 1 aliphatic rings. The first kappa shape index (κ1) is 28.8. The zero-order chi connectivity index (χ0) is 33.0. The standard InChI is InChI=1S/C47H30N2S/c1-2-13-36(14-3-1)49-44-27-25-35(30-43(44)41-18-10-28-48-47(41)49)34-23-22-33-21-20-31-11-4-6-15-37(31)39-17-8-9-19-45(39)50-46-38-16-7-5-12-32(38)24-26-40(46)42(33)29-34/h1-30H. The minimum Gasteiger partial charge on any atom is -0.294 e. The molecule has 1 aliphatic heterocycles. The quantitative estimate of drug-likeness (QED) is 0.185. The van der Waals surface area contributed by atoms with E-state index in [9.17, 15) is 0 Å². The number of hydrogen-bond acceptors (Lipinski definition) is 2. The molecule has 10 rings (SSSR count). The zero-order valence-corrected chi connectivity index (χ0v) is 27.9. The third-order valence-corrected chi connectivity index (χ3v) is 11.1. The van der Waals surface area contributed by atoms with Gasteiger partial charge in [0.15, 0.2) is 0 Å². The summed E-state index contributed by atoms with van der Waals surface area (Å²) in [5.41, 5.74) is 12.9. The van der Waals surface area contributed by atoms with E-state index in [0.29, 0.717) is 0 Å². The van der Waals surface area contributed by atoms with E-state index in [1.165, 1.54) is 70.5 Å². The van der Waals surface area contributed by atoms with Crippen molar-refractivity contribution >= 4 is 56.6 Å². The van der Waals surface area contributed by atoms with E-state index < -0.39 is 0 Å². The Hall–Kier alpha value is -6.16. The molecule has 2 nitrogen and oxygen atoms in total. The molecule has 0 spiro atoms. The van der Waals surface area contributed by atoms with Crippen molar-refractivity contribution in [3.05, 3.63) is 181 Å². The SMILES string of the molecule is C1=Cc2ccc(-c3ccc4c(c3)c3cccnc3n4-c3ccccc3)cc2-c2ccc3ccccc3c2Sc2ccccc2-c2ccccc21. The smallest absolute Gasteiger partial charge is 0.145 e. The first-order valence-electron chi connectivity index (χ1n) is 17.0. The Bertz CT molecular complexity index is 2790. The van der Waals surface area contributed by atoms with Crippen LogP contribution in [0.3, 0.4) is 0 Å². The fraction of sp³-hybridized carbons (Fsp3) is 0. The van der Waals surface area contributed by atoms with Crippen molar-refractivity contribution in [3.8, 4) is 39.1 Å². The molecule has 0 N–H and O–H groups in total. The second-order valence-electron chi connectivity index (χ2n) is 12.8. The second-order valence-corrected chi connectivity index (χ2v) is 13.8. The van der Waals surface area contributed by atoms with Gasteiger partial charge in [-0.15, -0.1) is 0 Å². The Labute approximate surface area is 295 Å². The number of para-hydroxylation sites is 1. The van der Waals surface area contributed by atoms with E-state index in [4.69, 9.17) is 4.98 Å². The van der Waals surface area contributed by atoms with Gasteiger partial charge in [0.05, 0.1) is 5.52 Å².